The molecule has 3 aromatic carbocycles. The molecule has 176 valence electrons. The minimum Gasteiger partial charge on any atom is -0.488 e. The maximum atomic E-state index is 13.5. The van der Waals surface area contributed by atoms with Crippen molar-refractivity contribution in [1.82, 2.24) is 5.32 Å². The predicted molar refractivity (Wildman–Crippen MR) is 138 cm³/mol. The van der Waals surface area contributed by atoms with Crippen LogP contribution in [-0.4, -0.2) is 18.9 Å². The maximum absolute atomic E-state index is 13.5. The Labute approximate surface area is 216 Å². The van der Waals surface area contributed by atoms with Gasteiger partial charge in [0, 0.05) is 33.3 Å². The lowest BCUT2D eigenvalue weighted by atomic mass is 9.80. The highest BCUT2D eigenvalue weighted by Crippen LogP contribution is 2.47. The van der Waals surface area contributed by atoms with Crippen LogP contribution in [0.2, 0.25) is 5.02 Å². The molecule has 1 heterocycles. The van der Waals surface area contributed by atoms with Crippen LogP contribution in [0, 0.1) is 0 Å². The molecule has 35 heavy (non-hydrogen) atoms. The quantitative estimate of drug-likeness (QED) is 0.371. The average molecular weight is 551 g/mol. The van der Waals surface area contributed by atoms with E-state index in [4.69, 9.17) is 21.1 Å². The van der Waals surface area contributed by atoms with Crippen molar-refractivity contribution in [1.29, 1.82) is 0 Å². The van der Waals surface area contributed by atoms with Crippen LogP contribution in [0.1, 0.15) is 39.9 Å². The third kappa shape index (κ3) is 4.17. The lowest BCUT2D eigenvalue weighted by Crippen LogP contribution is -2.29. The van der Waals surface area contributed by atoms with Gasteiger partial charge in [0.15, 0.2) is 5.78 Å². The molecule has 1 aliphatic heterocycles. The van der Waals surface area contributed by atoms with Crippen LogP contribution in [0.4, 0.5) is 0 Å². The average Bonchev–Trinajstić information content (AvgIpc) is 3.14. The molecule has 0 unspecified atom stereocenters. The Kier molecular flexibility index (Phi) is 6.26. The number of methoxy groups -OCH3 is 1. The van der Waals surface area contributed by atoms with Gasteiger partial charge in [0.2, 0.25) is 0 Å². The van der Waals surface area contributed by atoms with Crippen LogP contribution in [0.5, 0.6) is 5.75 Å². The highest BCUT2D eigenvalue weighted by Gasteiger charge is 2.42. The number of carbonyl (C=O) groups excluding carboxylic acids is 2. The minimum atomic E-state index is -0.583. The van der Waals surface area contributed by atoms with Gasteiger partial charge in [-0.3, -0.25) is 4.79 Å². The SMILES string of the molecule is COC(=O)C1=C(C)NC2=C(C(=O)c3ccccc32)[C@@H]1c1ccc(OCc2ccc(Cl)cc2)c(Br)c1. The second kappa shape index (κ2) is 9.36. The molecule has 0 aromatic heterocycles. The summed E-state index contributed by atoms with van der Waals surface area (Å²) in [5.74, 6) is -0.510. The largest absolute Gasteiger partial charge is 0.488 e. The van der Waals surface area contributed by atoms with E-state index >= 15 is 0 Å². The molecule has 0 bridgehead atoms. The summed E-state index contributed by atoms with van der Waals surface area (Å²) in [6, 6.07) is 20.5. The van der Waals surface area contributed by atoms with Crippen LogP contribution in [0.25, 0.3) is 5.70 Å². The highest BCUT2D eigenvalue weighted by molar-refractivity contribution is 9.10. The molecule has 0 radical (unpaired) electrons. The van der Waals surface area contributed by atoms with Gasteiger partial charge >= 0.3 is 5.97 Å². The minimum absolute atomic E-state index is 0.0961. The van der Waals surface area contributed by atoms with Crippen molar-refractivity contribution >= 4 is 45.0 Å². The summed E-state index contributed by atoms with van der Waals surface area (Å²) in [4.78, 5) is 26.4. The summed E-state index contributed by atoms with van der Waals surface area (Å²) in [5, 5.41) is 3.96. The third-order valence-electron chi connectivity index (χ3n) is 6.25. The van der Waals surface area contributed by atoms with Crippen molar-refractivity contribution in [3.63, 3.8) is 0 Å². The number of hydrogen-bond acceptors (Lipinski definition) is 5. The van der Waals surface area contributed by atoms with Crippen molar-refractivity contribution < 1.29 is 19.1 Å². The van der Waals surface area contributed by atoms with Crippen molar-refractivity contribution in [2.45, 2.75) is 19.4 Å². The Morgan fingerprint density at radius 3 is 2.46 bits per heavy atom. The molecule has 0 saturated heterocycles. The molecule has 5 rings (SSSR count). The number of rotatable bonds is 5. The number of fused-ring (bicyclic) bond motifs is 2. The molecule has 7 heteroatoms. The Hall–Kier alpha value is -3.35. The summed E-state index contributed by atoms with van der Waals surface area (Å²) in [6.07, 6.45) is 0. The summed E-state index contributed by atoms with van der Waals surface area (Å²) < 4.78 is 11.8. The number of dihydropyridines is 1. The number of nitrogens with one attached hydrogen (secondary N) is 1. The number of allylic oxidation sites excluding steroid dienone is 2. The first-order valence-electron chi connectivity index (χ1n) is 11.0. The number of benzene rings is 3. The van der Waals surface area contributed by atoms with E-state index in [1.54, 1.807) is 0 Å². The van der Waals surface area contributed by atoms with Gasteiger partial charge < -0.3 is 14.8 Å². The Balaban J connectivity index is 1.53. The molecule has 3 aromatic rings. The van der Waals surface area contributed by atoms with Gasteiger partial charge in [-0.25, -0.2) is 4.79 Å². The highest BCUT2D eigenvalue weighted by atomic mass is 79.9. The van der Waals surface area contributed by atoms with Crippen LogP contribution in [-0.2, 0) is 16.1 Å². The summed E-state index contributed by atoms with van der Waals surface area (Å²) >= 11 is 9.57. The van der Waals surface area contributed by atoms with Crippen LogP contribution in [0.3, 0.4) is 0 Å². The van der Waals surface area contributed by atoms with E-state index in [9.17, 15) is 9.59 Å². The molecule has 2 aliphatic rings. The summed E-state index contributed by atoms with van der Waals surface area (Å²) in [5.41, 5.74) is 5.57. The maximum Gasteiger partial charge on any atom is 0.336 e. The standard InChI is InChI=1S/C28H21BrClNO4/c1-15-23(28(33)34-2)24(25-26(31-15)19-5-3-4-6-20(19)27(25)32)17-9-12-22(21(29)13-17)35-14-16-7-10-18(30)11-8-16/h3-13,24,31H,14H2,1-2H3/t24-/m1/s1. The second-order valence-corrected chi connectivity index (χ2v) is 9.65. The Morgan fingerprint density at radius 1 is 1.06 bits per heavy atom. The molecular formula is C28H21BrClNO4. The second-order valence-electron chi connectivity index (χ2n) is 8.36. The van der Waals surface area contributed by atoms with Gasteiger partial charge in [-0.1, -0.05) is 54.1 Å². The Morgan fingerprint density at radius 2 is 1.77 bits per heavy atom. The number of ketones is 1. The predicted octanol–water partition coefficient (Wildman–Crippen LogP) is 6.42. The zero-order valence-electron chi connectivity index (χ0n) is 19.0. The summed E-state index contributed by atoms with van der Waals surface area (Å²) in [6.45, 7) is 2.20. The van der Waals surface area contributed by atoms with Gasteiger partial charge in [0.1, 0.15) is 12.4 Å². The Bertz CT molecular complexity index is 1430. The van der Waals surface area contributed by atoms with E-state index in [0.717, 1.165) is 26.9 Å². The number of Topliss-reactive ketones (excluding diaryl/α,β-unsaturated/α-hetero) is 1. The monoisotopic (exact) mass is 549 g/mol. The van der Waals surface area contributed by atoms with Gasteiger partial charge in [-0.15, -0.1) is 0 Å². The first-order chi connectivity index (χ1) is 16.9. The smallest absolute Gasteiger partial charge is 0.336 e. The zero-order chi connectivity index (χ0) is 24.7. The fourth-order valence-corrected chi connectivity index (χ4v) is 5.24. The molecule has 5 nitrogen and oxygen atoms in total. The third-order valence-corrected chi connectivity index (χ3v) is 7.12. The van der Waals surface area contributed by atoms with E-state index in [-0.39, 0.29) is 5.78 Å². The number of halogens is 2. The zero-order valence-corrected chi connectivity index (χ0v) is 21.4. The topological polar surface area (TPSA) is 64.6 Å². The first kappa shape index (κ1) is 23.4. The van der Waals surface area contributed by atoms with E-state index in [1.807, 2.05) is 73.7 Å². The van der Waals surface area contributed by atoms with E-state index < -0.39 is 11.9 Å². The van der Waals surface area contributed by atoms with Crippen molar-refractivity contribution in [3.05, 3.63) is 115 Å². The van der Waals surface area contributed by atoms with Crippen molar-refractivity contribution in [2.75, 3.05) is 7.11 Å². The van der Waals surface area contributed by atoms with Crippen molar-refractivity contribution in [2.24, 2.45) is 0 Å². The fraction of sp³-hybridized carbons (Fsp3) is 0.143. The number of hydrogen-bond donors (Lipinski definition) is 1. The number of carbonyl (C=O) groups is 2. The van der Waals surface area contributed by atoms with Gasteiger partial charge in [-0.2, -0.15) is 0 Å². The molecule has 1 atom stereocenters. The van der Waals surface area contributed by atoms with Gasteiger partial charge in [0.25, 0.3) is 0 Å². The van der Waals surface area contributed by atoms with E-state index in [2.05, 4.69) is 21.2 Å². The first-order valence-corrected chi connectivity index (χ1v) is 12.2. The van der Waals surface area contributed by atoms with Gasteiger partial charge in [-0.05, 0) is 58.2 Å². The van der Waals surface area contributed by atoms with Crippen LogP contribution < -0.4 is 10.1 Å². The van der Waals surface area contributed by atoms with Crippen molar-refractivity contribution in [3.8, 4) is 5.75 Å². The van der Waals surface area contributed by atoms with Gasteiger partial charge in [0.05, 0.1) is 22.9 Å². The molecule has 0 fully saturated rings. The lowest BCUT2D eigenvalue weighted by Gasteiger charge is -2.29. The summed E-state index contributed by atoms with van der Waals surface area (Å²) in [7, 11) is 1.35. The molecule has 0 spiro atoms. The number of ether oxygens (including phenoxy) is 2. The molecule has 1 N–H and O–H groups in total. The van der Waals surface area contributed by atoms with Crippen LogP contribution >= 0.6 is 27.5 Å². The molecule has 0 saturated carbocycles. The molecule has 0 amide bonds. The fourth-order valence-electron chi connectivity index (χ4n) is 4.60. The van der Waals surface area contributed by atoms with E-state index in [0.29, 0.717) is 39.8 Å². The van der Waals surface area contributed by atoms with Crippen LogP contribution in [0.15, 0.2) is 88.0 Å². The molecule has 1 aliphatic carbocycles. The van der Waals surface area contributed by atoms with E-state index in [1.165, 1.54) is 7.11 Å². The number of esters is 1. The normalized spacial score (nSPS) is 16.6. The molecular weight excluding hydrogens is 530 g/mol. The lowest BCUT2D eigenvalue weighted by molar-refractivity contribution is -0.136.